The van der Waals surface area contributed by atoms with Crippen molar-refractivity contribution in [3.63, 3.8) is 0 Å². The number of aryl methyl sites for hydroxylation is 1. The third-order valence-corrected chi connectivity index (χ3v) is 2.33. The lowest BCUT2D eigenvalue weighted by atomic mass is 10.1. The van der Waals surface area contributed by atoms with Crippen LogP contribution in [0.2, 0.25) is 0 Å². The van der Waals surface area contributed by atoms with Crippen LogP contribution >= 0.6 is 11.6 Å². The number of halogens is 3. The molecule has 1 heterocycles. The first-order valence-electron chi connectivity index (χ1n) is 4.55. The molecule has 2 rings (SSSR count). The fraction of sp³-hybridized carbons (Fsp3) is 0.400. The van der Waals surface area contributed by atoms with Gasteiger partial charge >= 0.3 is 6.29 Å². The molecule has 82 valence electrons. The van der Waals surface area contributed by atoms with Crippen LogP contribution in [0.15, 0.2) is 18.2 Å². The number of hydrogen-bond donors (Lipinski definition) is 0. The lowest BCUT2D eigenvalue weighted by molar-refractivity contribution is -0.286. The summed E-state index contributed by atoms with van der Waals surface area (Å²) < 4.78 is 33.9. The van der Waals surface area contributed by atoms with Crippen molar-refractivity contribution in [2.24, 2.45) is 0 Å². The van der Waals surface area contributed by atoms with Crippen molar-refractivity contribution in [1.29, 1.82) is 0 Å². The van der Waals surface area contributed by atoms with E-state index in [1.807, 2.05) is 0 Å². The van der Waals surface area contributed by atoms with Crippen molar-refractivity contribution in [3.05, 3.63) is 23.8 Å². The Labute approximate surface area is 90.7 Å². The molecule has 2 nitrogen and oxygen atoms in total. The molecule has 5 heteroatoms. The van der Waals surface area contributed by atoms with Gasteiger partial charge in [0.15, 0.2) is 11.5 Å². The zero-order chi connectivity index (χ0) is 10.9. The van der Waals surface area contributed by atoms with Gasteiger partial charge in [0.25, 0.3) is 0 Å². The molecule has 0 aliphatic carbocycles. The van der Waals surface area contributed by atoms with Crippen molar-refractivity contribution in [3.8, 4) is 11.5 Å². The van der Waals surface area contributed by atoms with Crippen molar-refractivity contribution >= 4 is 11.6 Å². The van der Waals surface area contributed by atoms with E-state index in [2.05, 4.69) is 9.47 Å². The topological polar surface area (TPSA) is 18.5 Å². The highest BCUT2D eigenvalue weighted by Crippen LogP contribution is 2.41. The first-order valence-corrected chi connectivity index (χ1v) is 5.09. The SMILES string of the molecule is FC1(F)Oc2ccc(CCCCl)cc2O1. The number of rotatable bonds is 3. The molecule has 0 saturated heterocycles. The van der Waals surface area contributed by atoms with Crippen LogP contribution in [0, 0.1) is 0 Å². The van der Waals surface area contributed by atoms with Gasteiger partial charge in [-0.15, -0.1) is 20.4 Å². The summed E-state index contributed by atoms with van der Waals surface area (Å²) in [7, 11) is 0. The molecule has 0 N–H and O–H groups in total. The Hall–Kier alpha value is -1.03. The van der Waals surface area contributed by atoms with Gasteiger partial charge in [0.2, 0.25) is 0 Å². The van der Waals surface area contributed by atoms with Crippen molar-refractivity contribution in [2.75, 3.05) is 5.88 Å². The molecule has 0 aromatic heterocycles. The monoisotopic (exact) mass is 234 g/mol. The van der Waals surface area contributed by atoms with Crippen LogP contribution < -0.4 is 9.47 Å². The number of alkyl halides is 3. The summed E-state index contributed by atoms with van der Waals surface area (Å²) in [5.41, 5.74) is 0.913. The van der Waals surface area contributed by atoms with Crippen LogP contribution in [0.25, 0.3) is 0 Å². The quantitative estimate of drug-likeness (QED) is 0.748. The van der Waals surface area contributed by atoms with Gasteiger partial charge in [-0.1, -0.05) is 6.07 Å². The van der Waals surface area contributed by atoms with Crippen LogP contribution in [0.3, 0.4) is 0 Å². The summed E-state index contributed by atoms with van der Waals surface area (Å²) in [5.74, 6) is 0.714. The number of fused-ring (bicyclic) bond motifs is 1. The summed E-state index contributed by atoms with van der Waals surface area (Å²) in [6.07, 6.45) is -1.99. The minimum Gasteiger partial charge on any atom is -0.395 e. The fourth-order valence-corrected chi connectivity index (χ4v) is 1.55. The van der Waals surface area contributed by atoms with Gasteiger partial charge in [-0.25, -0.2) is 0 Å². The van der Waals surface area contributed by atoms with Crippen molar-refractivity contribution in [2.45, 2.75) is 19.1 Å². The number of hydrogen-bond acceptors (Lipinski definition) is 2. The highest BCUT2D eigenvalue weighted by atomic mass is 35.5. The predicted molar refractivity (Wildman–Crippen MR) is 51.7 cm³/mol. The molecule has 1 aromatic carbocycles. The Balaban J connectivity index is 2.15. The molecule has 1 aliphatic heterocycles. The first-order chi connectivity index (χ1) is 7.11. The highest BCUT2D eigenvalue weighted by Gasteiger charge is 2.43. The Kier molecular flexibility index (Phi) is 2.69. The second-order valence-corrected chi connectivity index (χ2v) is 3.62. The smallest absolute Gasteiger partial charge is 0.395 e. The van der Waals surface area contributed by atoms with E-state index in [4.69, 9.17) is 11.6 Å². The molecule has 0 spiro atoms. The predicted octanol–water partition coefficient (Wildman–Crippen LogP) is 3.18. The molecule has 1 aromatic rings. The molecule has 0 radical (unpaired) electrons. The minimum atomic E-state index is -3.53. The van der Waals surface area contributed by atoms with Crippen LogP contribution in [0.4, 0.5) is 8.78 Å². The molecular weight excluding hydrogens is 226 g/mol. The van der Waals surface area contributed by atoms with E-state index in [1.165, 1.54) is 6.07 Å². The van der Waals surface area contributed by atoms with E-state index in [0.717, 1.165) is 18.4 Å². The standard InChI is InChI=1S/C10H9ClF2O2/c11-5-1-2-7-3-4-8-9(6-7)15-10(12,13)14-8/h3-4,6H,1-2,5H2. The minimum absolute atomic E-state index is 0.0784. The molecule has 0 saturated carbocycles. The lowest BCUT2D eigenvalue weighted by Crippen LogP contribution is -2.25. The van der Waals surface area contributed by atoms with E-state index < -0.39 is 6.29 Å². The molecule has 0 amide bonds. The summed E-state index contributed by atoms with van der Waals surface area (Å²) in [6, 6.07) is 4.78. The van der Waals surface area contributed by atoms with Crippen LogP contribution in [0.5, 0.6) is 11.5 Å². The largest absolute Gasteiger partial charge is 0.586 e. The number of benzene rings is 1. The van der Waals surface area contributed by atoms with Gasteiger partial charge < -0.3 is 9.47 Å². The maximum Gasteiger partial charge on any atom is 0.586 e. The van der Waals surface area contributed by atoms with E-state index in [-0.39, 0.29) is 11.5 Å². The Morgan fingerprint density at radius 1 is 1.20 bits per heavy atom. The normalized spacial score (nSPS) is 16.7. The second kappa shape index (κ2) is 3.85. The highest BCUT2D eigenvalue weighted by molar-refractivity contribution is 6.17. The van der Waals surface area contributed by atoms with Crippen LogP contribution in [0.1, 0.15) is 12.0 Å². The Bertz CT molecular complexity index is 368. The van der Waals surface area contributed by atoms with Gasteiger partial charge in [0.1, 0.15) is 0 Å². The molecule has 0 atom stereocenters. The van der Waals surface area contributed by atoms with Gasteiger partial charge in [-0.3, -0.25) is 0 Å². The molecule has 1 aliphatic rings. The average Bonchev–Trinajstić information content (AvgIpc) is 2.47. The molecule has 0 unspecified atom stereocenters. The van der Waals surface area contributed by atoms with Crippen LogP contribution in [-0.2, 0) is 6.42 Å². The third kappa shape index (κ3) is 2.31. The number of ether oxygens (including phenoxy) is 2. The summed E-state index contributed by atoms with van der Waals surface area (Å²) in [6.45, 7) is 0. The average molecular weight is 235 g/mol. The van der Waals surface area contributed by atoms with Gasteiger partial charge in [-0.2, -0.15) is 0 Å². The van der Waals surface area contributed by atoms with Gasteiger partial charge in [-0.05, 0) is 30.5 Å². The van der Waals surface area contributed by atoms with E-state index in [0.29, 0.717) is 5.88 Å². The molecule has 0 bridgehead atoms. The summed E-state index contributed by atoms with van der Waals surface area (Å²) >= 11 is 5.54. The first kappa shape index (κ1) is 10.5. The zero-order valence-corrected chi connectivity index (χ0v) is 8.56. The maximum absolute atomic E-state index is 12.7. The third-order valence-electron chi connectivity index (χ3n) is 2.06. The zero-order valence-electron chi connectivity index (χ0n) is 7.80. The summed E-state index contributed by atoms with van der Waals surface area (Å²) in [4.78, 5) is 0. The van der Waals surface area contributed by atoms with Crippen LogP contribution in [-0.4, -0.2) is 12.2 Å². The Morgan fingerprint density at radius 3 is 2.67 bits per heavy atom. The Morgan fingerprint density at radius 2 is 1.93 bits per heavy atom. The maximum atomic E-state index is 12.7. The van der Waals surface area contributed by atoms with E-state index in [9.17, 15) is 8.78 Å². The van der Waals surface area contributed by atoms with E-state index in [1.54, 1.807) is 12.1 Å². The van der Waals surface area contributed by atoms with Gasteiger partial charge in [0, 0.05) is 5.88 Å². The van der Waals surface area contributed by atoms with Crippen molar-refractivity contribution in [1.82, 2.24) is 0 Å². The summed E-state index contributed by atoms with van der Waals surface area (Å²) in [5, 5.41) is 0. The molecule has 0 fully saturated rings. The van der Waals surface area contributed by atoms with Crippen molar-refractivity contribution < 1.29 is 18.3 Å². The van der Waals surface area contributed by atoms with E-state index >= 15 is 0 Å². The fourth-order valence-electron chi connectivity index (χ4n) is 1.42. The molecular formula is C10H9ClF2O2. The van der Waals surface area contributed by atoms with Gasteiger partial charge in [0.05, 0.1) is 0 Å². The molecule has 15 heavy (non-hydrogen) atoms. The second-order valence-electron chi connectivity index (χ2n) is 3.24. The lowest BCUT2D eigenvalue weighted by Gasteiger charge is -2.04.